The normalized spacial score (nSPS) is 16.5. The van der Waals surface area contributed by atoms with Gasteiger partial charge in [-0.05, 0) is 19.2 Å². The van der Waals surface area contributed by atoms with E-state index in [9.17, 15) is 8.78 Å². The summed E-state index contributed by atoms with van der Waals surface area (Å²) in [7, 11) is 2.08. The van der Waals surface area contributed by atoms with Crippen molar-refractivity contribution in [2.75, 3.05) is 57.8 Å². The zero-order valence-corrected chi connectivity index (χ0v) is 12.6. The van der Waals surface area contributed by atoms with Gasteiger partial charge in [-0.25, -0.2) is 8.78 Å². The van der Waals surface area contributed by atoms with Crippen molar-refractivity contribution in [3.8, 4) is 0 Å². The Morgan fingerprint density at radius 2 is 1.95 bits per heavy atom. The molecule has 0 aromatic heterocycles. The van der Waals surface area contributed by atoms with E-state index in [1.54, 1.807) is 0 Å². The van der Waals surface area contributed by atoms with Crippen molar-refractivity contribution in [1.82, 2.24) is 9.80 Å². The summed E-state index contributed by atoms with van der Waals surface area (Å²) in [4.78, 5) is 6.58. The summed E-state index contributed by atoms with van der Waals surface area (Å²) in [5.41, 5.74) is 0.500. The number of hydrogen-bond acceptors (Lipinski definition) is 3. The van der Waals surface area contributed by atoms with Crippen LogP contribution >= 0.6 is 0 Å². The Labute approximate surface area is 125 Å². The minimum Gasteiger partial charge on any atom is -0.367 e. The number of hydrogen-bond donors (Lipinski definition) is 0. The van der Waals surface area contributed by atoms with Gasteiger partial charge < -0.3 is 9.80 Å². The lowest BCUT2D eigenvalue weighted by Crippen LogP contribution is -2.48. The first kappa shape index (κ1) is 15.9. The molecule has 1 aliphatic rings. The van der Waals surface area contributed by atoms with Crippen LogP contribution in [0.15, 0.2) is 30.9 Å². The molecule has 0 N–H and O–H groups in total. The van der Waals surface area contributed by atoms with E-state index in [1.165, 1.54) is 12.1 Å². The molecule has 1 aromatic rings. The summed E-state index contributed by atoms with van der Waals surface area (Å²) in [6, 6.07) is 3.79. The van der Waals surface area contributed by atoms with Crippen LogP contribution in [0.5, 0.6) is 0 Å². The van der Waals surface area contributed by atoms with Crippen molar-refractivity contribution in [2.45, 2.75) is 0 Å². The van der Waals surface area contributed by atoms with Gasteiger partial charge in [0.2, 0.25) is 0 Å². The van der Waals surface area contributed by atoms with Crippen LogP contribution in [0, 0.1) is 11.6 Å². The fourth-order valence-corrected chi connectivity index (χ4v) is 2.57. The van der Waals surface area contributed by atoms with Gasteiger partial charge in [-0.1, -0.05) is 6.08 Å². The van der Waals surface area contributed by atoms with Gasteiger partial charge in [0.1, 0.15) is 11.6 Å². The molecule has 1 heterocycles. The maximum absolute atomic E-state index is 13.8. The Kier molecular flexibility index (Phi) is 5.70. The largest absolute Gasteiger partial charge is 0.367 e. The molecule has 1 aromatic carbocycles. The smallest absolute Gasteiger partial charge is 0.149 e. The predicted octanol–water partition coefficient (Wildman–Crippen LogP) is 2.20. The summed E-state index contributed by atoms with van der Waals surface area (Å²) >= 11 is 0. The molecule has 0 bridgehead atoms. The number of likely N-dealkylation sites (N-methyl/N-ethyl adjacent to an activating group) is 1. The van der Waals surface area contributed by atoms with E-state index in [4.69, 9.17) is 0 Å². The highest BCUT2D eigenvalue weighted by atomic mass is 19.1. The zero-order valence-electron chi connectivity index (χ0n) is 12.6. The minimum absolute atomic E-state index is 0.478. The molecule has 1 fully saturated rings. The number of nitrogens with zero attached hydrogens (tertiary/aromatic N) is 3. The topological polar surface area (TPSA) is 9.72 Å². The van der Waals surface area contributed by atoms with Gasteiger partial charge in [-0.3, -0.25) is 4.90 Å². The second-order valence-corrected chi connectivity index (χ2v) is 5.48. The third kappa shape index (κ3) is 4.51. The number of anilines is 1. The lowest BCUT2D eigenvalue weighted by atomic mass is 10.2. The highest BCUT2D eigenvalue weighted by molar-refractivity contribution is 5.48. The van der Waals surface area contributed by atoms with Crippen LogP contribution in [0.25, 0.3) is 0 Å². The average molecular weight is 295 g/mol. The van der Waals surface area contributed by atoms with E-state index in [-0.39, 0.29) is 0 Å². The van der Waals surface area contributed by atoms with Crippen molar-refractivity contribution in [1.29, 1.82) is 0 Å². The van der Waals surface area contributed by atoms with E-state index in [2.05, 4.69) is 23.4 Å². The molecular formula is C16H23F2N3. The standard InChI is InChI=1S/C16H23F2N3/c1-3-6-19(2)7-8-20-9-11-21(12-10-20)16-5-4-14(17)13-15(16)18/h3-5,13H,1,6-12H2,2H3. The third-order valence-corrected chi connectivity index (χ3v) is 3.86. The molecule has 2 rings (SSSR count). The van der Waals surface area contributed by atoms with Gasteiger partial charge in [0, 0.05) is 51.9 Å². The first-order chi connectivity index (χ1) is 10.1. The molecule has 1 aliphatic heterocycles. The molecule has 0 spiro atoms. The summed E-state index contributed by atoms with van der Waals surface area (Å²) < 4.78 is 26.7. The number of rotatable bonds is 6. The van der Waals surface area contributed by atoms with Crippen molar-refractivity contribution in [3.05, 3.63) is 42.5 Å². The SMILES string of the molecule is C=CCN(C)CCN1CCN(c2ccc(F)cc2F)CC1. The fourth-order valence-electron chi connectivity index (χ4n) is 2.57. The first-order valence-corrected chi connectivity index (χ1v) is 7.32. The van der Waals surface area contributed by atoms with Crippen LogP contribution in [-0.2, 0) is 0 Å². The number of piperazine rings is 1. The zero-order chi connectivity index (χ0) is 15.2. The van der Waals surface area contributed by atoms with E-state index in [0.717, 1.165) is 51.9 Å². The van der Waals surface area contributed by atoms with E-state index in [1.807, 2.05) is 11.0 Å². The lowest BCUT2D eigenvalue weighted by molar-refractivity contribution is 0.222. The molecule has 0 aliphatic carbocycles. The van der Waals surface area contributed by atoms with Crippen molar-refractivity contribution >= 4 is 5.69 Å². The molecule has 0 radical (unpaired) electrons. The van der Waals surface area contributed by atoms with E-state index in [0.29, 0.717) is 5.69 Å². The highest BCUT2D eigenvalue weighted by Gasteiger charge is 2.19. The summed E-state index contributed by atoms with van der Waals surface area (Å²) in [6.45, 7) is 9.97. The second kappa shape index (κ2) is 7.52. The first-order valence-electron chi connectivity index (χ1n) is 7.32. The van der Waals surface area contributed by atoms with Crippen LogP contribution in [0.4, 0.5) is 14.5 Å². The van der Waals surface area contributed by atoms with Gasteiger partial charge in [-0.15, -0.1) is 6.58 Å². The quantitative estimate of drug-likeness (QED) is 0.745. The number of halogens is 2. The monoisotopic (exact) mass is 295 g/mol. The number of benzene rings is 1. The maximum atomic E-state index is 13.8. The molecule has 0 amide bonds. The molecule has 0 saturated carbocycles. The Balaban J connectivity index is 1.81. The lowest BCUT2D eigenvalue weighted by Gasteiger charge is -2.36. The Morgan fingerprint density at radius 3 is 2.57 bits per heavy atom. The minimum atomic E-state index is -0.528. The summed E-state index contributed by atoms with van der Waals surface area (Å²) in [5, 5.41) is 0. The van der Waals surface area contributed by atoms with E-state index >= 15 is 0 Å². The Hall–Kier alpha value is -1.46. The Morgan fingerprint density at radius 1 is 1.24 bits per heavy atom. The average Bonchev–Trinajstić information content (AvgIpc) is 2.46. The van der Waals surface area contributed by atoms with Crippen molar-refractivity contribution in [3.63, 3.8) is 0 Å². The molecule has 5 heteroatoms. The van der Waals surface area contributed by atoms with Crippen LogP contribution in [0.3, 0.4) is 0 Å². The summed E-state index contributed by atoms with van der Waals surface area (Å²) in [6.07, 6.45) is 1.90. The summed E-state index contributed by atoms with van der Waals surface area (Å²) in [5.74, 6) is -1.01. The van der Waals surface area contributed by atoms with Crippen LogP contribution in [-0.4, -0.2) is 62.7 Å². The van der Waals surface area contributed by atoms with Crippen LogP contribution in [0.2, 0.25) is 0 Å². The maximum Gasteiger partial charge on any atom is 0.149 e. The van der Waals surface area contributed by atoms with Crippen LogP contribution < -0.4 is 4.90 Å². The van der Waals surface area contributed by atoms with Crippen LogP contribution in [0.1, 0.15) is 0 Å². The van der Waals surface area contributed by atoms with Gasteiger partial charge in [-0.2, -0.15) is 0 Å². The van der Waals surface area contributed by atoms with Gasteiger partial charge in [0.05, 0.1) is 5.69 Å². The second-order valence-electron chi connectivity index (χ2n) is 5.48. The van der Waals surface area contributed by atoms with E-state index < -0.39 is 11.6 Å². The highest BCUT2D eigenvalue weighted by Crippen LogP contribution is 2.21. The molecule has 0 atom stereocenters. The fraction of sp³-hybridized carbons (Fsp3) is 0.500. The Bertz CT molecular complexity index is 471. The van der Waals surface area contributed by atoms with Gasteiger partial charge >= 0.3 is 0 Å². The van der Waals surface area contributed by atoms with Crippen molar-refractivity contribution < 1.29 is 8.78 Å². The third-order valence-electron chi connectivity index (χ3n) is 3.86. The van der Waals surface area contributed by atoms with Gasteiger partial charge in [0.25, 0.3) is 0 Å². The molecule has 0 unspecified atom stereocenters. The molecule has 116 valence electrons. The molecule has 21 heavy (non-hydrogen) atoms. The molecule has 3 nitrogen and oxygen atoms in total. The van der Waals surface area contributed by atoms with Gasteiger partial charge in [0.15, 0.2) is 0 Å². The molecular weight excluding hydrogens is 272 g/mol. The van der Waals surface area contributed by atoms with Crippen molar-refractivity contribution in [2.24, 2.45) is 0 Å². The predicted molar refractivity (Wildman–Crippen MR) is 82.7 cm³/mol. The molecule has 1 saturated heterocycles.